The summed E-state index contributed by atoms with van der Waals surface area (Å²) in [4.78, 5) is 26.1. The summed E-state index contributed by atoms with van der Waals surface area (Å²) in [5.41, 5.74) is 0. The van der Waals surface area contributed by atoms with Gasteiger partial charge in [-0.2, -0.15) is 4.31 Å². The van der Waals surface area contributed by atoms with Gasteiger partial charge in [0, 0.05) is 6.04 Å². The van der Waals surface area contributed by atoms with Crippen LogP contribution in [-0.2, 0) is 18.0 Å². The van der Waals surface area contributed by atoms with Gasteiger partial charge in [-0.1, -0.05) is 26.6 Å². The quantitative estimate of drug-likeness (QED) is 0.334. The van der Waals surface area contributed by atoms with Crippen molar-refractivity contribution in [2.24, 2.45) is 5.92 Å². The van der Waals surface area contributed by atoms with E-state index in [4.69, 9.17) is 14.7 Å². The summed E-state index contributed by atoms with van der Waals surface area (Å²) in [6.45, 7) is 4.47. The molecule has 11 heteroatoms. The summed E-state index contributed by atoms with van der Waals surface area (Å²) in [7, 11) is -7.83. The Kier molecular flexibility index (Phi) is 8.67. The Morgan fingerprint density at radius 1 is 1.32 bits per heavy atom. The van der Waals surface area contributed by atoms with Crippen molar-refractivity contribution in [3.63, 3.8) is 0 Å². The van der Waals surface area contributed by atoms with E-state index < -0.39 is 15.6 Å². The van der Waals surface area contributed by atoms with Crippen molar-refractivity contribution in [3.8, 4) is 0 Å². The fourth-order valence-corrected chi connectivity index (χ4v) is 2.98. The lowest BCUT2D eigenvalue weighted by Gasteiger charge is -2.25. The van der Waals surface area contributed by atoms with E-state index in [9.17, 15) is 9.13 Å². The number of hydrogen-bond donors (Lipinski definition) is 4. The van der Waals surface area contributed by atoms with Crippen LogP contribution in [0, 0.1) is 5.92 Å². The SMILES string of the molecule is BCCN[C@@H](COP(=O)(O)OP(=O)(O)O)C(C)CC. The molecule has 0 saturated carbocycles. The summed E-state index contributed by atoms with van der Waals surface area (Å²) >= 11 is 0. The molecule has 0 aromatic rings. The van der Waals surface area contributed by atoms with Crippen LogP contribution >= 0.6 is 15.6 Å². The highest BCUT2D eigenvalue weighted by atomic mass is 31.3. The zero-order valence-corrected chi connectivity index (χ0v) is 13.1. The van der Waals surface area contributed by atoms with Gasteiger partial charge >= 0.3 is 15.6 Å². The van der Waals surface area contributed by atoms with Gasteiger partial charge in [0.15, 0.2) is 0 Å². The van der Waals surface area contributed by atoms with E-state index in [1.165, 1.54) is 0 Å². The van der Waals surface area contributed by atoms with Crippen molar-refractivity contribution in [2.45, 2.75) is 32.6 Å². The molecular weight excluding hydrogens is 295 g/mol. The fourth-order valence-electron chi connectivity index (χ4n) is 1.37. The molecule has 4 N–H and O–H groups in total. The lowest BCUT2D eigenvalue weighted by molar-refractivity contribution is 0.150. The zero-order chi connectivity index (χ0) is 15.1. The van der Waals surface area contributed by atoms with Crippen LogP contribution in [0.3, 0.4) is 0 Å². The summed E-state index contributed by atoms with van der Waals surface area (Å²) in [6, 6.07) is -0.189. The summed E-state index contributed by atoms with van der Waals surface area (Å²) in [6.07, 6.45) is 1.72. The second kappa shape index (κ2) is 8.54. The summed E-state index contributed by atoms with van der Waals surface area (Å²) in [5.74, 6) is 0.182. The van der Waals surface area contributed by atoms with Crippen LogP contribution in [0.15, 0.2) is 0 Å². The van der Waals surface area contributed by atoms with Crippen LogP contribution in [0.4, 0.5) is 0 Å². The van der Waals surface area contributed by atoms with Gasteiger partial charge in [-0.15, -0.1) is 0 Å². The Bertz CT molecular complexity index is 350. The van der Waals surface area contributed by atoms with E-state index in [1.807, 2.05) is 21.7 Å². The second-order valence-electron chi connectivity index (χ2n) is 4.28. The molecule has 0 heterocycles. The Labute approximate surface area is 114 Å². The second-order valence-corrected chi connectivity index (χ2v) is 7.11. The molecule has 0 aliphatic heterocycles. The predicted molar refractivity (Wildman–Crippen MR) is 73.5 cm³/mol. The zero-order valence-electron chi connectivity index (χ0n) is 11.4. The van der Waals surface area contributed by atoms with Crippen molar-refractivity contribution in [3.05, 3.63) is 0 Å². The van der Waals surface area contributed by atoms with Crippen molar-refractivity contribution in [2.75, 3.05) is 13.2 Å². The minimum absolute atomic E-state index is 0.164. The van der Waals surface area contributed by atoms with Crippen LogP contribution in [0.25, 0.3) is 0 Å². The first kappa shape index (κ1) is 19.3. The highest BCUT2D eigenvalue weighted by Gasteiger charge is 2.33. The van der Waals surface area contributed by atoms with Crippen molar-refractivity contribution in [1.29, 1.82) is 0 Å². The molecule has 0 bridgehead atoms. The van der Waals surface area contributed by atoms with E-state index >= 15 is 0 Å². The highest BCUT2D eigenvalue weighted by molar-refractivity contribution is 7.60. The fraction of sp³-hybridized carbons (Fsp3) is 1.00. The van der Waals surface area contributed by atoms with Crippen molar-refractivity contribution >= 4 is 23.5 Å². The van der Waals surface area contributed by atoms with Gasteiger partial charge in [-0.05, 0) is 12.5 Å². The molecule has 0 aromatic heterocycles. The Morgan fingerprint density at radius 2 is 1.89 bits per heavy atom. The average molecular weight is 317 g/mol. The van der Waals surface area contributed by atoms with Crippen molar-refractivity contribution in [1.82, 2.24) is 5.32 Å². The summed E-state index contributed by atoms with van der Waals surface area (Å²) < 4.78 is 30.2. The maximum Gasteiger partial charge on any atom is 0.481 e. The molecule has 0 amide bonds. The monoisotopic (exact) mass is 317 g/mol. The lowest BCUT2D eigenvalue weighted by Crippen LogP contribution is -2.39. The molecule has 0 aliphatic rings. The topological polar surface area (TPSA) is 125 Å². The molecule has 19 heavy (non-hydrogen) atoms. The normalized spacial score (nSPS) is 18.8. The van der Waals surface area contributed by atoms with Crippen LogP contribution in [0.5, 0.6) is 0 Å². The van der Waals surface area contributed by atoms with Gasteiger partial charge in [-0.3, -0.25) is 4.52 Å². The molecular formula is C8H22BNO7P2. The first-order valence-corrected chi connectivity index (χ1v) is 9.11. The molecule has 0 aromatic carbocycles. The van der Waals surface area contributed by atoms with Gasteiger partial charge in [-0.25, -0.2) is 9.13 Å². The molecule has 0 fully saturated rings. The first-order chi connectivity index (χ1) is 8.61. The number of rotatable bonds is 10. The largest absolute Gasteiger partial charge is 0.481 e. The van der Waals surface area contributed by atoms with E-state index in [-0.39, 0.29) is 18.6 Å². The van der Waals surface area contributed by atoms with Gasteiger partial charge in [0.25, 0.3) is 0 Å². The van der Waals surface area contributed by atoms with Gasteiger partial charge in [0.1, 0.15) is 7.85 Å². The Hall–Kier alpha value is 0.285. The predicted octanol–water partition coefficient (Wildman–Crippen LogP) is 0.268. The number of phosphoric acid groups is 2. The van der Waals surface area contributed by atoms with E-state index in [1.54, 1.807) is 0 Å². The van der Waals surface area contributed by atoms with Crippen LogP contribution in [0.2, 0.25) is 6.32 Å². The third-order valence-electron chi connectivity index (χ3n) is 2.61. The number of phosphoric ester groups is 1. The van der Waals surface area contributed by atoms with E-state index in [0.29, 0.717) is 6.54 Å². The maximum atomic E-state index is 11.3. The van der Waals surface area contributed by atoms with Crippen LogP contribution in [0.1, 0.15) is 20.3 Å². The van der Waals surface area contributed by atoms with E-state index in [0.717, 1.165) is 12.7 Å². The van der Waals surface area contributed by atoms with Gasteiger partial charge in [0.05, 0.1) is 6.61 Å². The first-order valence-electron chi connectivity index (χ1n) is 6.09. The van der Waals surface area contributed by atoms with Gasteiger partial charge < -0.3 is 20.0 Å². The molecule has 0 rings (SSSR count). The van der Waals surface area contributed by atoms with Crippen LogP contribution < -0.4 is 5.32 Å². The third kappa shape index (κ3) is 9.76. The van der Waals surface area contributed by atoms with Gasteiger partial charge in [0.2, 0.25) is 0 Å². The number of nitrogens with one attached hydrogen (secondary N) is 1. The smallest absolute Gasteiger partial charge is 0.312 e. The molecule has 114 valence electrons. The molecule has 0 aliphatic carbocycles. The molecule has 8 nitrogen and oxygen atoms in total. The molecule has 2 unspecified atom stereocenters. The Balaban J connectivity index is 4.44. The van der Waals surface area contributed by atoms with Crippen molar-refractivity contribution < 1.29 is 32.6 Å². The molecule has 0 spiro atoms. The lowest BCUT2D eigenvalue weighted by atomic mass is 9.98. The standard InChI is InChI=1S/C8H22BNO7P2/c1-3-7(2)8(10-5-4-9)6-16-19(14,15)17-18(11,12)13/h7-8,10H,3-6,9H2,1-2H3,(H,14,15)(H2,11,12,13)/t7?,8-/m0/s1. The average Bonchev–Trinajstić information content (AvgIpc) is 2.25. The van der Waals surface area contributed by atoms with Crippen LogP contribution in [-0.4, -0.2) is 41.7 Å². The minimum Gasteiger partial charge on any atom is -0.312 e. The molecule has 0 radical (unpaired) electrons. The summed E-state index contributed by atoms with van der Waals surface area (Å²) in [5, 5.41) is 3.15. The highest BCUT2D eigenvalue weighted by Crippen LogP contribution is 2.57. The molecule has 3 atom stereocenters. The Morgan fingerprint density at radius 3 is 2.32 bits per heavy atom. The maximum absolute atomic E-state index is 11.3. The molecule has 0 saturated heterocycles. The van der Waals surface area contributed by atoms with E-state index in [2.05, 4.69) is 14.2 Å². The minimum atomic E-state index is -5.06. The number of hydrogen-bond acceptors (Lipinski definition) is 5. The third-order valence-corrected chi connectivity index (χ3v) is 4.77.